The number of aliphatic carboxylic acids is 1. The van der Waals surface area contributed by atoms with Gasteiger partial charge < -0.3 is 20.6 Å². The molecule has 0 aliphatic carbocycles. The van der Waals surface area contributed by atoms with E-state index in [1.807, 2.05) is 0 Å². The number of hydrogen-bond acceptors (Lipinski definition) is 4. The minimum Gasteiger partial charge on any atom is -0.508 e. The summed E-state index contributed by atoms with van der Waals surface area (Å²) >= 11 is 0. The number of hydrogen-bond donors (Lipinski definition) is 4. The number of rotatable bonds is 7. The van der Waals surface area contributed by atoms with Crippen LogP contribution in [0.15, 0.2) is 48.5 Å². The minimum absolute atomic E-state index is 0.132. The van der Waals surface area contributed by atoms with Gasteiger partial charge in [-0.2, -0.15) is 0 Å². The standard InChI is InChI=1S/C17H17NO5/c19-14-7-3-11(4-8-14)9-15(17(22)23)18-10-12-1-5-13(6-2-12)16(20)21/h1-8,15,18-19H,9-10H2,(H,20,21)(H,22,23). The van der Waals surface area contributed by atoms with E-state index < -0.39 is 18.0 Å². The molecule has 120 valence electrons. The van der Waals surface area contributed by atoms with E-state index in [1.165, 1.54) is 24.3 Å². The fourth-order valence-electron chi connectivity index (χ4n) is 2.12. The van der Waals surface area contributed by atoms with Crippen LogP contribution in [0, 0.1) is 0 Å². The van der Waals surface area contributed by atoms with E-state index in [0.717, 1.165) is 11.1 Å². The molecule has 0 aliphatic heterocycles. The van der Waals surface area contributed by atoms with Gasteiger partial charge in [-0.05, 0) is 41.8 Å². The summed E-state index contributed by atoms with van der Waals surface area (Å²) in [7, 11) is 0. The third-order valence-electron chi connectivity index (χ3n) is 3.43. The van der Waals surface area contributed by atoms with Crippen molar-refractivity contribution in [1.82, 2.24) is 5.32 Å². The number of nitrogens with one attached hydrogen (secondary N) is 1. The van der Waals surface area contributed by atoms with E-state index in [4.69, 9.17) is 5.11 Å². The molecule has 23 heavy (non-hydrogen) atoms. The molecule has 0 saturated carbocycles. The maximum absolute atomic E-state index is 11.3. The second kappa shape index (κ2) is 7.42. The SMILES string of the molecule is O=C(O)c1ccc(CNC(Cc2ccc(O)cc2)C(=O)O)cc1. The Bertz CT molecular complexity index is 679. The van der Waals surface area contributed by atoms with Gasteiger partial charge >= 0.3 is 11.9 Å². The molecule has 2 aromatic carbocycles. The second-order valence-corrected chi connectivity index (χ2v) is 5.14. The zero-order chi connectivity index (χ0) is 16.8. The fraction of sp³-hybridized carbons (Fsp3) is 0.176. The molecule has 0 radical (unpaired) electrons. The number of phenols is 1. The Labute approximate surface area is 133 Å². The molecule has 0 aromatic heterocycles. The van der Waals surface area contributed by atoms with Crippen molar-refractivity contribution in [3.8, 4) is 5.75 Å². The first-order valence-electron chi connectivity index (χ1n) is 7.02. The summed E-state index contributed by atoms with van der Waals surface area (Å²) in [6, 6.07) is 11.9. The van der Waals surface area contributed by atoms with Crippen molar-refractivity contribution in [1.29, 1.82) is 0 Å². The summed E-state index contributed by atoms with van der Waals surface area (Å²) in [5.41, 5.74) is 1.78. The van der Waals surface area contributed by atoms with Crippen LogP contribution in [-0.2, 0) is 17.8 Å². The third-order valence-corrected chi connectivity index (χ3v) is 3.43. The molecule has 0 spiro atoms. The maximum Gasteiger partial charge on any atom is 0.335 e. The molecule has 2 aromatic rings. The van der Waals surface area contributed by atoms with Gasteiger partial charge in [-0.1, -0.05) is 24.3 Å². The van der Waals surface area contributed by atoms with Crippen LogP contribution in [0.1, 0.15) is 21.5 Å². The summed E-state index contributed by atoms with van der Waals surface area (Å²) in [6.07, 6.45) is 0.281. The summed E-state index contributed by atoms with van der Waals surface area (Å²) in [4.78, 5) is 22.1. The molecule has 1 atom stereocenters. The molecule has 6 heteroatoms. The van der Waals surface area contributed by atoms with Crippen LogP contribution in [0.5, 0.6) is 5.75 Å². The monoisotopic (exact) mass is 315 g/mol. The average Bonchev–Trinajstić information content (AvgIpc) is 2.53. The van der Waals surface area contributed by atoms with Crippen molar-refractivity contribution < 1.29 is 24.9 Å². The lowest BCUT2D eigenvalue weighted by Crippen LogP contribution is -2.38. The van der Waals surface area contributed by atoms with Crippen molar-refractivity contribution in [3.63, 3.8) is 0 Å². The quantitative estimate of drug-likeness (QED) is 0.621. The highest BCUT2D eigenvalue weighted by Crippen LogP contribution is 2.12. The normalized spacial score (nSPS) is 11.8. The van der Waals surface area contributed by atoms with Gasteiger partial charge in [0.05, 0.1) is 5.56 Å². The van der Waals surface area contributed by atoms with Crippen molar-refractivity contribution >= 4 is 11.9 Å². The highest BCUT2D eigenvalue weighted by molar-refractivity contribution is 5.87. The minimum atomic E-state index is -1.000. The van der Waals surface area contributed by atoms with Gasteiger partial charge in [0.25, 0.3) is 0 Å². The van der Waals surface area contributed by atoms with Gasteiger partial charge in [-0.3, -0.25) is 4.79 Å². The highest BCUT2D eigenvalue weighted by atomic mass is 16.4. The molecular formula is C17H17NO5. The Kier molecular flexibility index (Phi) is 5.32. The molecule has 6 nitrogen and oxygen atoms in total. The van der Waals surface area contributed by atoms with E-state index in [0.29, 0.717) is 6.54 Å². The van der Waals surface area contributed by atoms with Gasteiger partial charge in [0.2, 0.25) is 0 Å². The smallest absolute Gasteiger partial charge is 0.335 e. The van der Waals surface area contributed by atoms with Crippen molar-refractivity contribution in [2.45, 2.75) is 19.0 Å². The Morgan fingerprint density at radius 3 is 2.00 bits per heavy atom. The van der Waals surface area contributed by atoms with Crippen LogP contribution < -0.4 is 5.32 Å². The first-order chi connectivity index (χ1) is 11.0. The molecule has 0 heterocycles. The third kappa shape index (κ3) is 4.82. The average molecular weight is 315 g/mol. The molecule has 0 fully saturated rings. The van der Waals surface area contributed by atoms with Gasteiger partial charge in [0.1, 0.15) is 11.8 Å². The summed E-state index contributed by atoms with van der Waals surface area (Å²) in [5.74, 6) is -1.84. The Morgan fingerprint density at radius 1 is 0.913 bits per heavy atom. The van der Waals surface area contributed by atoms with Crippen molar-refractivity contribution in [2.75, 3.05) is 0 Å². The second-order valence-electron chi connectivity index (χ2n) is 5.14. The molecule has 0 aliphatic rings. The molecule has 0 bridgehead atoms. The van der Waals surface area contributed by atoms with Gasteiger partial charge in [0.15, 0.2) is 0 Å². The number of carboxylic acids is 2. The van der Waals surface area contributed by atoms with E-state index in [-0.39, 0.29) is 17.7 Å². The molecule has 4 N–H and O–H groups in total. The van der Waals surface area contributed by atoms with Crippen LogP contribution in [0.4, 0.5) is 0 Å². The Morgan fingerprint density at radius 2 is 1.48 bits per heavy atom. The number of phenolic OH excluding ortho intramolecular Hbond substituents is 1. The number of benzene rings is 2. The van der Waals surface area contributed by atoms with Gasteiger partial charge in [0, 0.05) is 6.54 Å². The first kappa shape index (κ1) is 16.5. The summed E-state index contributed by atoms with van der Waals surface area (Å²) in [5, 5.41) is 30.3. The van der Waals surface area contributed by atoms with E-state index in [2.05, 4.69) is 5.32 Å². The largest absolute Gasteiger partial charge is 0.508 e. The van der Waals surface area contributed by atoms with E-state index >= 15 is 0 Å². The molecular weight excluding hydrogens is 298 g/mol. The van der Waals surface area contributed by atoms with Gasteiger partial charge in [-0.15, -0.1) is 0 Å². The van der Waals surface area contributed by atoms with Crippen molar-refractivity contribution in [2.24, 2.45) is 0 Å². The lowest BCUT2D eigenvalue weighted by Gasteiger charge is -2.15. The molecule has 0 amide bonds. The fourth-order valence-corrected chi connectivity index (χ4v) is 2.12. The maximum atomic E-state index is 11.3. The van der Waals surface area contributed by atoms with Gasteiger partial charge in [-0.25, -0.2) is 4.79 Å². The number of aromatic hydroxyl groups is 1. The van der Waals surface area contributed by atoms with Crippen LogP contribution in [-0.4, -0.2) is 33.3 Å². The summed E-state index contributed by atoms with van der Waals surface area (Å²) in [6.45, 7) is 0.314. The number of aromatic carboxylic acids is 1. The molecule has 0 saturated heterocycles. The predicted octanol–water partition coefficient (Wildman–Crippen LogP) is 1.88. The Hall–Kier alpha value is -2.86. The lowest BCUT2D eigenvalue weighted by molar-refractivity contribution is -0.139. The highest BCUT2D eigenvalue weighted by Gasteiger charge is 2.17. The van der Waals surface area contributed by atoms with Crippen LogP contribution >= 0.6 is 0 Å². The lowest BCUT2D eigenvalue weighted by atomic mass is 10.1. The summed E-state index contributed by atoms with van der Waals surface area (Å²) < 4.78 is 0. The molecule has 2 rings (SSSR count). The Balaban J connectivity index is 1.98. The van der Waals surface area contributed by atoms with E-state index in [1.54, 1.807) is 24.3 Å². The predicted molar refractivity (Wildman–Crippen MR) is 83.5 cm³/mol. The topological polar surface area (TPSA) is 107 Å². The molecule has 1 unspecified atom stereocenters. The van der Waals surface area contributed by atoms with Crippen LogP contribution in [0.25, 0.3) is 0 Å². The van der Waals surface area contributed by atoms with Crippen molar-refractivity contribution in [3.05, 3.63) is 65.2 Å². The first-order valence-corrected chi connectivity index (χ1v) is 7.02. The van der Waals surface area contributed by atoms with Crippen LogP contribution in [0.2, 0.25) is 0 Å². The number of carboxylic acid groups (broad SMARTS) is 2. The zero-order valence-electron chi connectivity index (χ0n) is 12.3. The van der Waals surface area contributed by atoms with E-state index in [9.17, 15) is 19.8 Å². The van der Waals surface area contributed by atoms with Crippen LogP contribution in [0.3, 0.4) is 0 Å². The zero-order valence-corrected chi connectivity index (χ0v) is 12.3. The number of carbonyl (C=O) groups is 2.